The number of carbonyl (C=O) groups excluding carboxylic acids is 3. The van der Waals surface area contributed by atoms with Crippen LogP contribution in [0.2, 0.25) is 0 Å². The van der Waals surface area contributed by atoms with Crippen LogP contribution >= 0.6 is 0 Å². The number of likely N-dealkylation sites (tertiary alicyclic amines) is 2. The van der Waals surface area contributed by atoms with Crippen molar-refractivity contribution >= 4 is 45.8 Å². The molecule has 3 aliphatic rings. The summed E-state index contributed by atoms with van der Waals surface area (Å²) in [5.41, 5.74) is 3.05. The average molecular weight is 795 g/mol. The van der Waals surface area contributed by atoms with E-state index in [2.05, 4.69) is 33.8 Å². The SMILES string of the molecule is C=CCCC(=O)OCn1c(=O)c(C2CCN(C(=O)NC(Cc3cc(C)c4c(cnn4C(=O)O)c3)C(=O)N3CCN(C4CCN(C)CC4)CC3)CC2)cc2ccccc21. The van der Waals surface area contributed by atoms with Crippen LogP contribution in [0.5, 0.6) is 0 Å². The fraction of sp³-hybridized carbons (Fsp3) is 0.488. The predicted molar refractivity (Wildman–Crippen MR) is 220 cm³/mol. The Kier molecular flexibility index (Phi) is 12.6. The number of pyridine rings is 1. The van der Waals surface area contributed by atoms with Gasteiger partial charge in [-0.2, -0.15) is 9.78 Å². The van der Waals surface area contributed by atoms with Crippen molar-refractivity contribution in [2.24, 2.45) is 0 Å². The Morgan fingerprint density at radius 1 is 0.948 bits per heavy atom. The molecule has 1 atom stereocenters. The molecule has 0 radical (unpaired) electrons. The number of nitrogens with zero attached hydrogens (tertiary/aromatic N) is 7. The van der Waals surface area contributed by atoms with Crippen molar-refractivity contribution in [2.75, 3.05) is 59.4 Å². The maximum Gasteiger partial charge on any atom is 0.432 e. The number of amides is 3. The summed E-state index contributed by atoms with van der Waals surface area (Å²) in [6.45, 7) is 10.9. The van der Waals surface area contributed by atoms with Crippen molar-refractivity contribution < 1.29 is 29.0 Å². The second kappa shape index (κ2) is 17.9. The molecule has 2 aromatic heterocycles. The molecule has 308 valence electrons. The number of aryl methyl sites for hydroxylation is 1. The van der Waals surface area contributed by atoms with Gasteiger partial charge in [0.25, 0.3) is 5.56 Å². The van der Waals surface area contributed by atoms with Crippen molar-refractivity contribution in [1.29, 1.82) is 0 Å². The lowest BCUT2D eigenvalue weighted by Gasteiger charge is -2.43. The number of piperidine rings is 2. The summed E-state index contributed by atoms with van der Waals surface area (Å²) >= 11 is 0. The van der Waals surface area contributed by atoms with Gasteiger partial charge in [0.15, 0.2) is 6.73 Å². The minimum Gasteiger partial charge on any atom is -0.463 e. The Morgan fingerprint density at radius 3 is 2.38 bits per heavy atom. The Balaban J connectivity index is 1.05. The number of para-hydroxylation sites is 1. The standard InChI is InChI=1S/C43H54N8O7/c1-4-5-10-38(52)58-28-50-37-9-7-6-8-32(37)26-35(40(50)53)31-11-17-49(18-12-31)42(55)45-36(25-30-23-29(2)39-33(24-30)27-44-51(39)43(56)57)41(54)48-21-19-47(20-22-48)34-13-15-46(3)16-14-34/h4,6-9,23-24,26-27,31,34,36H,1,5,10-22,25,28H2,2-3H3,(H,45,55)(H,56,57). The van der Waals surface area contributed by atoms with E-state index in [0.29, 0.717) is 79.0 Å². The van der Waals surface area contributed by atoms with Gasteiger partial charge in [-0.25, -0.2) is 9.59 Å². The smallest absolute Gasteiger partial charge is 0.432 e. The summed E-state index contributed by atoms with van der Waals surface area (Å²) in [6, 6.07) is 12.4. The number of allylic oxidation sites excluding steroid dienone is 1. The van der Waals surface area contributed by atoms with Crippen LogP contribution in [0, 0.1) is 6.92 Å². The van der Waals surface area contributed by atoms with Gasteiger partial charge in [0.1, 0.15) is 6.04 Å². The summed E-state index contributed by atoms with van der Waals surface area (Å²) in [7, 11) is 2.15. The highest BCUT2D eigenvalue weighted by molar-refractivity contribution is 5.91. The Morgan fingerprint density at radius 2 is 1.67 bits per heavy atom. The molecule has 15 nitrogen and oxygen atoms in total. The van der Waals surface area contributed by atoms with Gasteiger partial charge < -0.3 is 29.9 Å². The lowest BCUT2D eigenvalue weighted by molar-refractivity contribution is -0.147. The highest BCUT2D eigenvalue weighted by atomic mass is 16.5. The second-order valence-corrected chi connectivity index (χ2v) is 15.9. The number of hydrogen-bond acceptors (Lipinski definition) is 9. The molecule has 15 heteroatoms. The third-order valence-electron chi connectivity index (χ3n) is 12.1. The number of hydrogen-bond donors (Lipinski definition) is 2. The van der Waals surface area contributed by atoms with Crippen LogP contribution in [-0.2, 0) is 27.5 Å². The number of esters is 1. The first kappa shape index (κ1) is 40.6. The molecule has 2 N–H and O–H groups in total. The molecule has 2 aromatic carbocycles. The van der Waals surface area contributed by atoms with Crippen LogP contribution in [0.3, 0.4) is 0 Å². The zero-order chi connectivity index (χ0) is 40.9. The first-order valence-electron chi connectivity index (χ1n) is 20.4. The molecule has 4 aromatic rings. The van der Waals surface area contributed by atoms with Gasteiger partial charge >= 0.3 is 18.1 Å². The summed E-state index contributed by atoms with van der Waals surface area (Å²) in [6.07, 6.45) is 6.18. The van der Waals surface area contributed by atoms with Gasteiger partial charge in [-0.15, -0.1) is 6.58 Å². The van der Waals surface area contributed by atoms with E-state index in [-0.39, 0.29) is 43.0 Å². The average Bonchev–Trinajstić information content (AvgIpc) is 3.67. The second-order valence-electron chi connectivity index (χ2n) is 15.9. The lowest BCUT2D eigenvalue weighted by atomic mass is 9.89. The molecule has 3 aliphatic heterocycles. The number of nitrogens with one attached hydrogen (secondary N) is 1. The molecular weight excluding hydrogens is 741 g/mol. The van der Waals surface area contributed by atoms with Crippen LogP contribution in [0.1, 0.15) is 61.1 Å². The summed E-state index contributed by atoms with van der Waals surface area (Å²) in [4.78, 5) is 74.8. The van der Waals surface area contributed by atoms with Crippen LogP contribution < -0.4 is 10.9 Å². The fourth-order valence-electron chi connectivity index (χ4n) is 8.87. The zero-order valence-electron chi connectivity index (χ0n) is 33.5. The first-order chi connectivity index (χ1) is 28.0. The van der Waals surface area contributed by atoms with Crippen molar-refractivity contribution in [3.05, 3.63) is 88.4 Å². The van der Waals surface area contributed by atoms with E-state index in [1.807, 2.05) is 54.3 Å². The number of carbonyl (C=O) groups is 4. The summed E-state index contributed by atoms with van der Waals surface area (Å²) < 4.78 is 7.93. The maximum atomic E-state index is 14.4. The van der Waals surface area contributed by atoms with Crippen molar-refractivity contribution in [3.8, 4) is 0 Å². The molecule has 3 fully saturated rings. The van der Waals surface area contributed by atoms with Gasteiger partial charge in [-0.1, -0.05) is 30.3 Å². The van der Waals surface area contributed by atoms with Gasteiger partial charge in [-0.05, 0) is 99.8 Å². The van der Waals surface area contributed by atoms with E-state index in [9.17, 15) is 29.1 Å². The molecule has 0 bridgehead atoms. The molecule has 3 saturated heterocycles. The summed E-state index contributed by atoms with van der Waals surface area (Å²) in [5, 5.41) is 18.3. The molecule has 7 rings (SSSR count). The van der Waals surface area contributed by atoms with E-state index >= 15 is 0 Å². The Bertz CT molecular complexity index is 2230. The van der Waals surface area contributed by atoms with Gasteiger partial charge in [0.2, 0.25) is 5.91 Å². The number of fused-ring (bicyclic) bond motifs is 2. The largest absolute Gasteiger partial charge is 0.463 e. The first-order valence-corrected chi connectivity index (χ1v) is 20.4. The molecule has 0 spiro atoms. The predicted octanol–water partition coefficient (Wildman–Crippen LogP) is 4.39. The van der Waals surface area contributed by atoms with E-state index in [1.54, 1.807) is 11.0 Å². The number of benzene rings is 2. The minimum atomic E-state index is -1.18. The monoisotopic (exact) mass is 794 g/mol. The molecule has 0 saturated carbocycles. The Hall–Kier alpha value is -5.54. The molecule has 0 aliphatic carbocycles. The number of piperazine rings is 1. The third-order valence-corrected chi connectivity index (χ3v) is 12.1. The van der Waals surface area contributed by atoms with Crippen molar-refractivity contribution in [1.82, 2.24) is 39.3 Å². The van der Waals surface area contributed by atoms with E-state index in [1.165, 1.54) is 10.8 Å². The summed E-state index contributed by atoms with van der Waals surface area (Å²) in [5.74, 6) is -0.673. The molecule has 3 amide bonds. The van der Waals surface area contributed by atoms with Gasteiger partial charge in [-0.3, -0.25) is 23.9 Å². The molecule has 58 heavy (non-hydrogen) atoms. The van der Waals surface area contributed by atoms with Crippen LogP contribution in [0.25, 0.3) is 21.8 Å². The van der Waals surface area contributed by atoms with Crippen LogP contribution in [0.15, 0.2) is 66.1 Å². The maximum absolute atomic E-state index is 14.4. The van der Waals surface area contributed by atoms with E-state index < -0.39 is 18.1 Å². The molecule has 1 unspecified atom stereocenters. The minimum absolute atomic E-state index is 0.122. The quantitative estimate of drug-likeness (QED) is 0.165. The number of ether oxygens (including phenoxy) is 1. The van der Waals surface area contributed by atoms with Gasteiger partial charge in [0, 0.05) is 69.1 Å². The zero-order valence-corrected chi connectivity index (χ0v) is 33.5. The third kappa shape index (κ3) is 8.95. The number of carboxylic acid groups (broad SMARTS) is 1. The highest BCUT2D eigenvalue weighted by Gasteiger charge is 2.34. The van der Waals surface area contributed by atoms with Gasteiger partial charge in [0.05, 0.1) is 17.2 Å². The van der Waals surface area contributed by atoms with E-state index in [4.69, 9.17) is 4.74 Å². The van der Waals surface area contributed by atoms with Crippen LogP contribution in [-0.4, -0.2) is 135 Å². The molecular formula is C43H54N8O7. The van der Waals surface area contributed by atoms with Crippen LogP contribution in [0.4, 0.5) is 9.59 Å². The lowest BCUT2D eigenvalue weighted by Crippen LogP contribution is -2.59. The number of rotatable bonds is 11. The topological polar surface area (TPSA) is 163 Å². The Labute approximate surface area is 337 Å². The highest BCUT2D eigenvalue weighted by Crippen LogP contribution is 2.29. The van der Waals surface area contributed by atoms with Crippen molar-refractivity contribution in [2.45, 2.75) is 76.6 Å². The number of aromatic nitrogens is 3. The normalized spacial score (nSPS) is 18.0. The molecule has 5 heterocycles. The fourth-order valence-corrected chi connectivity index (χ4v) is 8.87. The number of urea groups is 1. The van der Waals surface area contributed by atoms with Crippen molar-refractivity contribution in [3.63, 3.8) is 0 Å². The van der Waals surface area contributed by atoms with E-state index in [0.717, 1.165) is 54.7 Å².